The fraction of sp³-hybridized carbons (Fsp3) is 0.632. The molecule has 0 heterocycles. The Hall–Kier alpha value is -1.06. The van der Waals surface area contributed by atoms with Crippen LogP contribution in [0.5, 0.6) is 0 Å². The van der Waals surface area contributed by atoms with Gasteiger partial charge >= 0.3 is 0 Å². The first-order valence-electron chi connectivity index (χ1n) is 8.82. The van der Waals surface area contributed by atoms with Crippen molar-refractivity contribution >= 4 is 18.3 Å². The quantitative estimate of drug-likeness (QED) is 0.702. The maximum Gasteiger partial charge on any atom is 0.220 e. The highest BCUT2D eigenvalue weighted by Crippen LogP contribution is 2.24. The molecule has 1 aliphatic rings. The third-order valence-corrected chi connectivity index (χ3v) is 4.61. The molecule has 0 aliphatic heterocycles. The van der Waals surface area contributed by atoms with Crippen LogP contribution in [0.1, 0.15) is 74.6 Å². The molecule has 0 saturated heterocycles. The summed E-state index contributed by atoms with van der Waals surface area (Å²) >= 11 is 0. The number of aryl methyl sites for hydroxylation is 2. The van der Waals surface area contributed by atoms with Gasteiger partial charge in [0.1, 0.15) is 0 Å². The van der Waals surface area contributed by atoms with Crippen molar-refractivity contribution in [1.82, 2.24) is 5.32 Å². The first-order chi connectivity index (χ1) is 10.7. The number of hydrogen-bond donors (Lipinski definition) is 2. The molecule has 0 saturated carbocycles. The molecule has 1 unspecified atom stereocenters. The lowest BCUT2D eigenvalue weighted by Gasteiger charge is -2.20. The number of nitrogens with two attached hydrogens (primary N) is 1. The zero-order chi connectivity index (χ0) is 15.8. The van der Waals surface area contributed by atoms with E-state index >= 15 is 0 Å². The minimum Gasteiger partial charge on any atom is -0.350 e. The number of hydrogen-bond acceptors (Lipinski definition) is 2. The van der Waals surface area contributed by atoms with Crippen molar-refractivity contribution in [2.45, 2.75) is 70.8 Å². The van der Waals surface area contributed by atoms with Crippen molar-refractivity contribution in [2.75, 3.05) is 6.54 Å². The van der Waals surface area contributed by atoms with Gasteiger partial charge in [-0.1, -0.05) is 31.0 Å². The Kier molecular flexibility index (Phi) is 9.27. The molecule has 0 fully saturated rings. The molecule has 3 N–H and O–H groups in total. The molecule has 0 aromatic heterocycles. The molecule has 4 heteroatoms. The zero-order valence-corrected chi connectivity index (χ0v) is 15.1. The Bertz CT molecular complexity index is 490. The van der Waals surface area contributed by atoms with Crippen LogP contribution in [-0.2, 0) is 17.6 Å². The number of carbonyl (C=O) groups excluding carboxylic acids is 1. The lowest BCUT2D eigenvalue weighted by molar-refractivity contribution is -0.121. The molecule has 23 heavy (non-hydrogen) atoms. The van der Waals surface area contributed by atoms with Crippen LogP contribution in [0.3, 0.4) is 0 Å². The Morgan fingerprint density at radius 1 is 1.13 bits per heavy atom. The molecule has 1 atom stereocenters. The van der Waals surface area contributed by atoms with Crippen molar-refractivity contribution in [2.24, 2.45) is 5.73 Å². The fourth-order valence-corrected chi connectivity index (χ4v) is 3.20. The lowest BCUT2D eigenvalue weighted by Crippen LogP contribution is -2.26. The molecular formula is C19H31ClN2O. The summed E-state index contributed by atoms with van der Waals surface area (Å²) in [6.45, 7) is 2.83. The molecular weight excluding hydrogens is 308 g/mol. The van der Waals surface area contributed by atoms with Crippen molar-refractivity contribution in [1.29, 1.82) is 0 Å². The number of unbranched alkanes of at least 4 members (excludes halogenated alkanes) is 3. The maximum atomic E-state index is 12.0. The monoisotopic (exact) mass is 338 g/mol. The predicted octanol–water partition coefficient (Wildman–Crippen LogP) is 4.07. The second-order valence-electron chi connectivity index (χ2n) is 6.48. The number of fused-ring (bicyclic) bond motifs is 1. The second-order valence-corrected chi connectivity index (χ2v) is 6.48. The molecule has 0 spiro atoms. The molecule has 2 rings (SSSR count). The van der Waals surface area contributed by atoms with Gasteiger partial charge in [-0.15, -0.1) is 12.4 Å². The molecule has 0 radical (unpaired) electrons. The van der Waals surface area contributed by atoms with Crippen LogP contribution in [0.2, 0.25) is 0 Å². The largest absolute Gasteiger partial charge is 0.350 e. The minimum absolute atomic E-state index is 0. The van der Waals surface area contributed by atoms with Gasteiger partial charge < -0.3 is 11.1 Å². The van der Waals surface area contributed by atoms with Crippen molar-refractivity contribution in [3.8, 4) is 0 Å². The average Bonchev–Trinajstić information content (AvgIpc) is 2.54. The molecule has 130 valence electrons. The summed E-state index contributed by atoms with van der Waals surface area (Å²) in [6, 6.07) is 6.82. The Morgan fingerprint density at radius 3 is 2.57 bits per heavy atom. The summed E-state index contributed by atoms with van der Waals surface area (Å²) in [5.74, 6) is 0.165. The van der Waals surface area contributed by atoms with Gasteiger partial charge in [-0.25, -0.2) is 0 Å². The highest BCUT2D eigenvalue weighted by molar-refractivity contribution is 5.85. The van der Waals surface area contributed by atoms with E-state index in [4.69, 9.17) is 5.73 Å². The summed E-state index contributed by atoms with van der Waals surface area (Å²) in [5.41, 5.74) is 9.68. The van der Waals surface area contributed by atoms with E-state index in [2.05, 4.69) is 30.4 Å². The van der Waals surface area contributed by atoms with E-state index in [-0.39, 0.29) is 24.4 Å². The number of benzene rings is 1. The zero-order valence-electron chi connectivity index (χ0n) is 14.3. The Morgan fingerprint density at radius 2 is 1.83 bits per heavy atom. The fourth-order valence-electron chi connectivity index (χ4n) is 3.20. The van der Waals surface area contributed by atoms with Gasteiger partial charge in [0.15, 0.2) is 0 Å². The summed E-state index contributed by atoms with van der Waals surface area (Å²) < 4.78 is 0. The van der Waals surface area contributed by atoms with Crippen LogP contribution < -0.4 is 11.1 Å². The highest BCUT2D eigenvalue weighted by Gasteiger charge is 2.13. The number of halogens is 1. The van der Waals surface area contributed by atoms with Crippen molar-refractivity contribution in [3.63, 3.8) is 0 Å². The maximum absolute atomic E-state index is 12.0. The lowest BCUT2D eigenvalue weighted by atomic mass is 9.89. The van der Waals surface area contributed by atoms with Crippen LogP contribution >= 0.6 is 12.4 Å². The van der Waals surface area contributed by atoms with E-state index < -0.39 is 0 Å². The van der Waals surface area contributed by atoms with E-state index in [0.717, 1.165) is 32.2 Å². The second kappa shape index (κ2) is 10.7. The smallest absolute Gasteiger partial charge is 0.220 e. The van der Waals surface area contributed by atoms with Gasteiger partial charge in [0.2, 0.25) is 5.91 Å². The van der Waals surface area contributed by atoms with E-state index in [9.17, 15) is 4.79 Å². The van der Waals surface area contributed by atoms with E-state index in [0.29, 0.717) is 6.42 Å². The topological polar surface area (TPSA) is 55.1 Å². The number of rotatable bonds is 8. The van der Waals surface area contributed by atoms with Gasteiger partial charge in [-0.3, -0.25) is 4.79 Å². The number of amides is 1. The van der Waals surface area contributed by atoms with Gasteiger partial charge in [0, 0.05) is 6.42 Å². The third kappa shape index (κ3) is 6.52. The van der Waals surface area contributed by atoms with E-state index in [1.807, 2.05) is 0 Å². The van der Waals surface area contributed by atoms with E-state index in [1.54, 1.807) is 0 Å². The summed E-state index contributed by atoms with van der Waals surface area (Å²) in [7, 11) is 0. The molecule has 1 aromatic carbocycles. The summed E-state index contributed by atoms with van der Waals surface area (Å²) in [5, 5.41) is 3.13. The van der Waals surface area contributed by atoms with Gasteiger partial charge in [-0.05, 0) is 68.7 Å². The Balaban J connectivity index is 0.00000264. The molecule has 3 nitrogen and oxygen atoms in total. The van der Waals surface area contributed by atoms with Gasteiger partial charge in [0.05, 0.1) is 6.04 Å². The van der Waals surface area contributed by atoms with Crippen LogP contribution in [0.25, 0.3) is 0 Å². The average molecular weight is 339 g/mol. The van der Waals surface area contributed by atoms with Crippen LogP contribution in [0.4, 0.5) is 0 Å². The summed E-state index contributed by atoms with van der Waals surface area (Å²) in [6.07, 6.45) is 9.87. The predicted molar refractivity (Wildman–Crippen MR) is 99.0 cm³/mol. The standard InChI is InChI=1S/C19H30N2O.ClH/c1-15(21-19(22)10-4-2-3-7-13-20)17-12-11-16-8-5-6-9-18(16)14-17;/h11-12,14-15H,2-10,13,20H2,1H3,(H,21,22);1H. The number of nitrogens with one attached hydrogen (secondary N) is 1. The number of carbonyl (C=O) groups is 1. The first kappa shape index (κ1) is 20.0. The first-order valence-corrected chi connectivity index (χ1v) is 8.82. The van der Waals surface area contributed by atoms with Crippen LogP contribution in [-0.4, -0.2) is 12.5 Å². The summed E-state index contributed by atoms with van der Waals surface area (Å²) in [4.78, 5) is 12.0. The normalized spacial score (nSPS) is 14.5. The highest BCUT2D eigenvalue weighted by atomic mass is 35.5. The van der Waals surface area contributed by atoms with Crippen LogP contribution in [0, 0.1) is 0 Å². The molecule has 0 bridgehead atoms. The SMILES string of the molecule is CC(NC(=O)CCCCCCN)c1ccc2c(c1)CCCC2.Cl. The molecule has 1 aromatic rings. The van der Waals surface area contributed by atoms with Crippen molar-refractivity contribution < 1.29 is 4.79 Å². The van der Waals surface area contributed by atoms with Gasteiger partial charge in [0.25, 0.3) is 0 Å². The third-order valence-electron chi connectivity index (χ3n) is 4.61. The molecule has 1 amide bonds. The van der Waals surface area contributed by atoms with Crippen molar-refractivity contribution in [3.05, 3.63) is 34.9 Å². The Labute approximate surface area is 146 Å². The molecule has 1 aliphatic carbocycles. The minimum atomic E-state index is 0. The van der Waals surface area contributed by atoms with E-state index in [1.165, 1.54) is 42.4 Å². The van der Waals surface area contributed by atoms with Crippen LogP contribution in [0.15, 0.2) is 18.2 Å². The van der Waals surface area contributed by atoms with Gasteiger partial charge in [-0.2, -0.15) is 0 Å².